The van der Waals surface area contributed by atoms with Gasteiger partial charge >= 0.3 is 6.09 Å². The number of hydrogen-bond acceptors (Lipinski definition) is 2. The molecule has 0 unspecified atom stereocenters. The Morgan fingerprint density at radius 1 is 1.62 bits per heavy atom. The molecule has 1 aromatic rings. The molecule has 0 radical (unpaired) electrons. The monoisotopic (exact) mass is 221 g/mol. The lowest BCUT2D eigenvalue weighted by Gasteiger charge is -2.16. The van der Waals surface area contributed by atoms with E-state index in [9.17, 15) is 4.79 Å². The number of amides is 1. The Hall–Kier alpha value is -1.55. The summed E-state index contributed by atoms with van der Waals surface area (Å²) in [5.74, 6) is 0. The highest BCUT2D eigenvalue weighted by Gasteiger charge is 2.33. The molecule has 1 fully saturated rings. The maximum atomic E-state index is 10.9. The minimum atomic E-state index is -0.907. The van der Waals surface area contributed by atoms with E-state index in [-0.39, 0.29) is 6.23 Å². The van der Waals surface area contributed by atoms with E-state index in [2.05, 4.69) is 6.07 Å². The topological polar surface area (TPSA) is 53.1 Å². The summed E-state index contributed by atoms with van der Waals surface area (Å²) in [5.41, 5.74) is 2.36. The van der Waals surface area contributed by atoms with Gasteiger partial charge in [0, 0.05) is 6.54 Å². The van der Waals surface area contributed by atoms with Gasteiger partial charge in [-0.15, -0.1) is 0 Å². The second kappa shape index (κ2) is 4.53. The lowest BCUT2D eigenvalue weighted by molar-refractivity contribution is 0.120. The van der Waals surface area contributed by atoms with Crippen LogP contribution in [0.2, 0.25) is 0 Å². The number of rotatable bonds is 4. The first-order chi connectivity index (χ1) is 7.66. The number of ether oxygens (including phenoxy) is 1. The third-order valence-electron chi connectivity index (χ3n) is 2.63. The fourth-order valence-corrected chi connectivity index (χ4v) is 1.70. The number of benzene rings is 1. The van der Waals surface area contributed by atoms with Crippen LogP contribution >= 0.6 is 0 Å². The predicted molar refractivity (Wildman–Crippen MR) is 59.4 cm³/mol. The van der Waals surface area contributed by atoms with E-state index in [0.29, 0.717) is 13.2 Å². The van der Waals surface area contributed by atoms with Gasteiger partial charge in [0.2, 0.25) is 0 Å². The van der Waals surface area contributed by atoms with Gasteiger partial charge < -0.3 is 9.84 Å². The van der Waals surface area contributed by atoms with E-state index < -0.39 is 6.09 Å². The molecule has 0 aromatic heterocycles. The van der Waals surface area contributed by atoms with E-state index in [4.69, 9.17) is 9.84 Å². The highest BCUT2D eigenvalue weighted by atomic mass is 16.6. The molecule has 1 saturated heterocycles. The molecule has 0 spiro atoms. The van der Waals surface area contributed by atoms with Crippen LogP contribution in [0.15, 0.2) is 24.3 Å². The molecular formula is C12H15NO3. The van der Waals surface area contributed by atoms with Crippen LogP contribution in [-0.2, 0) is 11.2 Å². The molecule has 2 rings (SSSR count). The van der Waals surface area contributed by atoms with Crippen molar-refractivity contribution in [1.82, 2.24) is 4.90 Å². The molecule has 1 atom stereocenters. The maximum Gasteiger partial charge on any atom is 0.409 e. The van der Waals surface area contributed by atoms with Gasteiger partial charge in [0.25, 0.3) is 0 Å². The molecule has 1 heterocycles. The number of epoxide rings is 1. The molecule has 0 aliphatic carbocycles. The van der Waals surface area contributed by atoms with Crippen LogP contribution < -0.4 is 0 Å². The number of carboxylic acid groups (broad SMARTS) is 1. The molecule has 1 N–H and O–H groups in total. The first kappa shape index (κ1) is 11.0. The van der Waals surface area contributed by atoms with E-state index in [1.807, 2.05) is 25.1 Å². The number of aryl methyl sites for hydroxylation is 1. The van der Waals surface area contributed by atoms with Gasteiger partial charge in [-0.3, -0.25) is 4.90 Å². The van der Waals surface area contributed by atoms with Crippen LogP contribution in [0.25, 0.3) is 0 Å². The van der Waals surface area contributed by atoms with E-state index in [0.717, 1.165) is 12.0 Å². The van der Waals surface area contributed by atoms with Crippen LogP contribution in [0, 0.1) is 6.92 Å². The first-order valence-electron chi connectivity index (χ1n) is 5.33. The summed E-state index contributed by atoms with van der Waals surface area (Å²) < 4.78 is 4.99. The SMILES string of the molecule is Cc1cccc(CCN(C(=O)O)[C@@H]2CO2)c1. The van der Waals surface area contributed by atoms with Crippen molar-refractivity contribution in [2.24, 2.45) is 0 Å². The molecule has 1 amide bonds. The minimum Gasteiger partial charge on any atom is -0.465 e. The van der Waals surface area contributed by atoms with Crippen molar-refractivity contribution in [1.29, 1.82) is 0 Å². The third kappa shape index (κ3) is 2.73. The lowest BCUT2D eigenvalue weighted by Crippen LogP contribution is -2.34. The summed E-state index contributed by atoms with van der Waals surface area (Å²) in [6, 6.07) is 8.11. The van der Waals surface area contributed by atoms with Crippen molar-refractivity contribution in [2.45, 2.75) is 19.6 Å². The van der Waals surface area contributed by atoms with E-state index in [1.165, 1.54) is 10.5 Å². The van der Waals surface area contributed by atoms with Crippen molar-refractivity contribution in [2.75, 3.05) is 13.2 Å². The fraction of sp³-hybridized carbons (Fsp3) is 0.417. The molecule has 16 heavy (non-hydrogen) atoms. The highest BCUT2D eigenvalue weighted by Crippen LogP contribution is 2.16. The maximum absolute atomic E-state index is 10.9. The van der Waals surface area contributed by atoms with Crippen molar-refractivity contribution < 1.29 is 14.6 Å². The Balaban J connectivity index is 1.92. The summed E-state index contributed by atoms with van der Waals surface area (Å²) in [4.78, 5) is 12.3. The summed E-state index contributed by atoms with van der Waals surface area (Å²) in [7, 11) is 0. The molecule has 0 saturated carbocycles. The van der Waals surface area contributed by atoms with Crippen LogP contribution in [0.4, 0.5) is 4.79 Å². The van der Waals surface area contributed by atoms with Crippen LogP contribution in [0.1, 0.15) is 11.1 Å². The molecule has 4 heteroatoms. The van der Waals surface area contributed by atoms with Gasteiger partial charge in [-0.05, 0) is 18.9 Å². The molecule has 4 nitrogen and oxygen atoms in total. The van der Waals surface area contributed by atoms with E-state index in [1.54, 1.807) is 0 Å². The standard InChI is InChI=1S/C12H15NO3/c1-9-3-2-4-10(7-9)5-6-13(12(14)15)11-8-16-11/h2-4,7,11H,5-6,8H2,1H3,(H,14,15)/t11-/m0/s1. The Morgan fingerprint density at radius 3 is 2.94 bits per heavy atom. The number of carbonyl (C=O) groups is 1. The van der Waals surface area contributed by atoms with Gasteiger partial charge in [0.15, 0.2) is 6.23 Å². The zero-order valence-electron chi connectivity index (χ0n) is 9.22. The summed E-state index contributed by atoms with van der Waals surface area (Å²) >= 11 is 0. The highest BCUT2D eigenvalue weighted by molar-refractivity contribution is 5.65. The zero-order valence-corrected chi connectivity index (χ0v) is 9.22. The molecule has 1 aliphatic rings. The fourth-order valence-electron chi connectivity index (χ4n) is 1.70. The second-order valence-electron chi connectivity index (χ2n) is 4.00. The molecule has 1 aromatic carbocycles. The third-order valence-corrected chi connectivity index (χ3v) is 2.63. The van der Waals surface area contributed by atoms with Crippen molar-refractivity contribution in [3.63, 3.8) is 0 Å². The van der Waals surface area contributed by atoms with Gasteiger partial charge in [0.1, 0.15) is 0 Å². The predicted octanol–water partition coefficient (Wildman–Crippen LogP) is 1.87. The van der Waals surface area contributed by atoms with Crippen molar-refractivity contribution >= 4 is 6.09 Å². The number of nitrogens with zero attached hydrogens (tertiary/aromatic N) is 1. The quantitative estimate of drug-likeness (QED) is 0.790. The van der Waals surface area contributed by atoms with E-state index >= 15 is 0 Å². The zero-order chi connectivity index (χ0) is 11.5. The van der Waals surface area contributed by atoms with Gasteiger partial charge in [-0.2, -0.15) is 0 Å². The molecule has 86 valence electrons. The van der Waals surface area contributed by atoms with Gasteiger partial charge in [0.05, 0.1) is 6.61 Å². The van der Waals surface area contributed by atoms with Gasteiger partial charge in [-0.1, -0.05) is 29.8 Å². The Labute approximate surface area is 94.4 Å². The summed E-state index contributed by atoms with van der Waals surface area (Å²) in [5, 5.41) is 8.96. The van der Waals surface area contributed by atoms with Crippen molar-refractivity contribution in [3.05, 3.63) is 35.4 Å². The summed E-state index contributed by atoms with van der Waals surface area (Å²) in [6.07, 6.45) is -0.397. The average molecular weight is 221 g/mol. The largest absolute Gasteiger partial charge is 0.465 e. The lowest BCUT2D eigenvalue weighted by atomic mass is 10.1. The van der Waals surface area contributed by atoms with Crippen molar-refractivity contribution in [3.8, 4) is 0 Å². The Bertz CT molecular complexity index is 388. The Morgan fingerprint density at radius 2 is 2.38 bits per heavy atom. The minimum absolute atomic E-state index is 0.220. The second-order valence-corrected chi connectivity index (χ2v) is 4.00. The molecule has 0 bridgehead atoms. The Kier molecular flexibility index (Phi) is 3.10. The average Bonchev–Trinajstić information content (AvgIpc) is 3.02. The molecular weight excluding hydrogens is 206 g/mol. The first-order valence-corrected chi connectivity index (χ1v) is 5.33. The normalized spacial score (nSPS) is 18.2. The smallest absolute Gasteiger partial charge is 0.409 e. The summed E-state index contributed by atoms with van der Waals surface area (Å²) in [6.45, 7) is 3.05. The number of hydrogen-bond donors (Lipinski definition) is 1. The van der Waals surface area contributed by atoms with Crippen LogP contribution in [0.5, 0.6) is 0 Å². The van der Waals surface area contributed by atoms with Gasteiger partial charge in [-0.25, -0.2) is 4.79 Å². The van der Waals surface area contributed by atoms with Crippen LogP contribution in [-0.4, -0.2) is 35.5 Å². The molecule has 1 aliphatic heterocycles. The van der Waals surface area contributed by atoms with Crippen LogP contribution in [0.3, 0.4) is 0 Å².